The van der Waals surface area contributed by atoms with E-state index >= 15 is 0 Å². The van der Waals surface area contributed by atoms with Crippen LogP contribution in [0.25, 0.3) is 0 Å². The van der Waals surface area contributed by atoms with Gasteiger partial charge in [0.1, 0.15) is 0 Å². The van der Waals surface area contributed by atoms with Crippen molar-refractivity contribution in [2.45, 2.75) is 25.5 Å². The van der Waals surface area contributed by atoms with Crippen LogP contribution in [0.5, 0.6) is 0 Å². The van der Waals surface area contributed by atoms with E-state index < -0.39 is 29.9 Å². The summed E-state index contributed by atoms with van der Waals surface area (Å²) in [6.07, 6.45) is -1.11. The molecule has 0 saturated heterocycles. The van der Waals surface area contributed by atoms with Crippen LogP contribution in [-0.2, 0) is 14.4 Å². The van der Waals surface area contributed by atoms with Gasteiger partial charge in [0.15, 0.2) is 6.04 Å². The first kappa shape index (κ1) is 15.7. The minimum Gasteiger partial charge on any atom is -0.480 e. The lowest BCUT2D eigenvalue weighted by molar-refractivity contribution is -0.144. The van der Waals surface area contributed by atoms with E-state index in [1.807, 2.05) is 0 Å². The minimum atomic E-state index is -1.32. The number of thioether (sulfide) groups is 1. The van der Waals surface area contributed by atoms with Gasteiger partial charge in [0.2, 0.25) is 11.8 Å². The number of amides is 2. The SMILES string of the molecule is CC(O)C(NC(=O)CCSCC(N)=O)C(=O)O. The quantitative estimate of drug-likeness (QED) is 0.397. The Morgan fingerprint density at radius 3 is 2.41 bits per heavy atom. The van der Waals surface area contributed by atoms with Crippen LogP contribution in [0.1, 0.15) is 13.3 Å². The number of carboxylic acid groups (broad SMARTS) is 1. The number of aliphatic hydroxyl groups excluding tert-OH is 1. The van der Waals surface area contributed by atoms with Gasteiger partial charge in [0.05, 0.1) is 11.9 Å². The Morgan fingerprint density at radius 2 is 2.00 bits per heavy atom. The van der Waals surface area contributed by atoms with Gasteiger partial charge in [-0.2, -0.15) is 11.8 Å². The molecule has 0 spiro atoms. The number of primary amides is 1. The third-order valence-corrected chi connectivity index (χ3v) is 2.76. The number of nitrogens with two attached hydrogens (primary N) is 1. The Bertz CT molecular complexity index is 295. The zero-order valence-corrected chi connectivity index (χ0v) is 10.2. The molecule has 2 atom stereocenters. The first-order valence-electron chi connectivity index (χ1n) is 4.91. The molecule has 0 radical (unpaired) electrons. The van der Waals surface area contributed by atoms with Crippen molar-refractivity contribution in [3.05, 3.63) is 0 Å². The van der Waals surface area contributed by atoms with Gasteiger partial charge in [-0.3, -0.25) is 9.59 Å². The zero-order chi connectivity index (χ0) is 13.4. The third kappa shape index (κ3) is 7.58. The van der Waals surface area contributed by atoms with Gasteiger partial charge in [0, 0.05) is 12.2 Å². The first-order chi connectivity index (χ1) is 7.84. The maximum Gasteiger partial charge on any atom is 0.328 e. The molecule has 7 nitrogen and oxygen atoms in total. The Kier molecular flexibility index (Phi) is 7.31. The predicted octanol–water partition coefficient (Wildman–Crippen LogP) is -1.45. The number of rotatable bonds is 8. The highest BCUT2D eigenvalue weighted by Gasteiger charge is 2.24. The van der Waals surface area contributed by atoms with Crippen LogP contribution in [0.15, 0.2) is 0 Å². The lowest BCUT2D eigenvalue weighted by Gasteiger charge is -2.16. The van der Waals surface area contributed by atoms with Gasteiger partial charge in [-0.15, -0.1) is 0 Å². The van der Waals surface area contributed by atoms with Crippen molar-refractivity contribution in [1.82, 2.24) is 5.32 Å². The number of hydrogen-bond donors (Lipinski definition) is 4. The summed E-state index contributed by atoms with van der Waals surface area (Å²) in [6.45, 7) is 1.28. The van der Waals surface area contributed by atoms with Crippen LogP contribution in [0, 0.1) is 0 Å². The number of carbonyl (C=O) groups excluding carboxylic acids is 2. The van der Waals surface area contributed by atoms with E-state index in [-0.39, 0.29) is 12.2 Å². The zero-order valence-electron chi connectivity index (χ0n) is 9.38. The molecular formula is C9H16N2O5S. The van der Waals surface area contributed by atoms with Crippen molar-refractivity contribution < 1.29 is 24.6 Å². The summed E-state index contributed by atoms with van der Waals surface area (Å²) < 4.78 is 0. The van der Waals surface area contributed by atoms with Gasteiger partial charge in [-0.1, -0.05) is 0 Å². The molecule has 0 fully saturated rings. The van der Waals surface area contributed by atoms with E-state index in [9.17, 15) is 14.4 Å². The Balaban J connectivity index is 3.91. The molecule has 17 heavy (non-hydrogen) atoms. The fourth-order valence-corrected chi connectivity index (χ4v) is 1.65. The molecule has 8 heteroatoms. The van der Waals surface area contributed by atoms with Gasteiger partial charge in [-0.05, 0) is 6.92 Å². The molecule has 2 unspecified atom stereocenters. The van der Waals surface area contributed by atoms with Crippen molar-refractivity contribution in [3.63, 3.8) is 0 Å². The van der Waals surface area contributed by atoms with Gasteiger partial charge in [0.25, 0.3) is 0 Å². The van der Waals surface area contributed by atoms with Gasteiger partial charge < -0.3 is 21.3 Å². The van der Waals surface area contributed by atoms with E-state index in [4.69, 9.17) is 15.9 Å². The van der Waals surface area contributed by atoms with Crippen molar-refractivity contribution in [2.75, 3.05) is 11.5 Å². The molecule has 5 N–H and O–H groups in total. The normalized spacial score (nSPS) is 13.8. The van der Waals surface area contributed by atoms with Crippen molar-refractivity contribution in [1.29, 1.82) is 0 Å². The molecule has 0 saturated carbocycles. The topological polar surface area (TPSA) is 130 Å². The van der Waals surface area contributed by atoms with E-state index in [2.05, 4.69) is 5.32 Å². The monoisotopic (exact) mass is 264 g/mol. The fourth-order valence-electron chi connectivity index (χ4n) is 0.972. The average Bonchev–Trinajstić information content (AvgIpc) is 2.19. The summed E-state index contributed by atoms with van der Waals surface area (Å²) in [5.74, 6) is -1.77. The standard InChI is InChI=1S/C9H16N2O5S/c1-5(12)8(9(15)16)11-7(14)2-3-17-4-6(10)13/h5,8,12H,2-4H2,1H3,(H2,10,13)(H,11,14)(H,15,16). The van der Waals surface area contributed by atoms with E-state index in [1.54, 1.807) is 0 Å². The number of nitrogens with one attached hydrogen (secondary N) is 1. The Hall–Kier alpha value is -1.28. The van der Waals surface area contributed by atoms with Crippen molar-refractivity contribution >= 4 is 29.5 Å². The maximum absolute atomic E-state index is 11.3. The summed E-state index contributed by atoms with van der Waals surface area (Å²) in [7, 11) is 0. The van der Waals surface area contributed by atoms with E-state index in [1.165, 1.54) is 18.7 Å². The van der Waals surface area contributed by atoms with Crippen LogP contribution < -0.4 is 11.1 Å². The fraction of sp³-hybridized carbons (Fsp3) is 0.667. The number of carbonyl (C=O) groups is 3. The van der Waals surface area contributed by atoms with Gasteiger partial charge in [-0.25, -0.2) is 4.79 Å². The van der Waals surface area contributed by atoms with Crippen molar-refractivity contribution in [2.24, 2.45) is 5.73 Å². The van der Waals surface area contributed by atoms with Crippen LogP contribution >= 0.6 is 11.8 Å². The molecule has 0 heterocycles. The number of aliphatic hydroxyl groups is 1. The largest absolute Gasteiger partial charge is 0.480 e. The van der Waals surface area contributed by atoms with Crippen LogP contribution in [0.3, 0.4) is 0 Å². The summed E-state index contributed by atoms with van der Waals surface area (Å²) in [6, 6.07) is -1.32. The summed E-state index contributed by atoms with van der Waals surface area (Å²) in [5, 5.41) is 20.0. The second-order valence-electron chi connectivity index (χ2n) is 3.39. The third-order valence-electron chi connectivity index (χ3n) is 1.78. The molecule has 0 aromatic rings. The molecule has 0 aliphatic carbocycles. The summed E-state index contributed by atoms with van der Waals surface area (Å²) >= 11 is 1.19. The maximum atomic E-state index is 11.3. The molecule has 0 aliphatic heterocycles. The second-order valence-corrected chi connectivity index (χ2v) is 4.50. The Morgan fingerprint density at radius 1 is 1.41 bits per heavy atom. The number of carboxylic acids is 1. The molecule has 2 amide bonds. The van der Waals surface area contributed by atoms with E-state index in [0.29, 0.717) is 5.75 Å². The molecule has 0 rings (SSSR count). The van der Waals surface area contributed by atoms with Crippen LogP contribution in [-0.4, -0.2) is 51.6 Å². The minimum absolute atomic E-state index is 0.0639. The molecular weight excluding hydrogens is 248 g/mol. The van der Waals surface area contributed by atoms with Crippen molar-refractivity contribution in [3.8, 4) is 0 Å². The molecule has 0 aliphatic rings. The lowest BCUT2D eigenvalue weighted by Crippen LogP contribution is -2.47. The van der Waals surface area contributed by atoms with Crippen LogP contribution in [0.4, 0.5) is 0 Å². The predicted molar refractivity (Wildman–Crippen MR) is 62.4 cm³/mol. The van der Waals surface area contributed by atoms with Gasteiger partial charge >= 0.3 is 5.97 Å². The van der Waals surface area contributed by atoms with Crippen LogP contribution in [0.2, 0.25) is 0 Å². The molecule has 98 valence electrons. The van der Waals surface area contributed by atoms with E-state index in [0.717, 1.165) is 0 Å². The number of hydrogen-bond acceptors (Lipinski definition) is 5. The highest BCUT2D eigenvalue weighted by Crippen LogP contribution is 2.02. The molecule has 0 aromatic heterocycles. The second kappa shape index (κ2) is 7.91. The first-order valence-corrected chi connectivity index (χ1v) is 6.06. The molecule has 0 aromatic carbocycles. The summed E-state index contributed by atoms with van der Waals surface area (Å²) in [5.41, 5.74) is 4.90. The smallest absolute Gasteiger partial charge is 0.328 e. The number of aliphatic carboxylic acids is 1. The highest BCUT2D eigenvalue weighted by atomic mass is 32.2. The summed E-state index contributed by atoms with van der Waals surface area (Å²) in [4.78, 5) is 32.3. The average molecular weight is 264 g/mol. The Labute approximate surface area is 103 Å². The lowest BCUT2D eigenvalue weighted by atomic mass is 10.2. The molecule has 0 bridgehead atoms. The highest BCUT2D eigenvalue weighted by molar-refractivity contribution is 7.99.